The lowest BCUT2D eigenvalue weighted by Crippen LogP contribution is -2.54. The highest BCUT2D eigenvalue weighted by atomic mass is 15.2. The first-order chi connectivity index (χ1) is 13.5. The van der Waals surface area contributed by atoms with E-state index in [0.717, 1.165) is 40.7 Å². The lowest BCUT2D eigenvalue weighted by atomic mass is 9.58. The Kier molecular flexibility index (Phi) is 4.45. The number of nitrogens with zero attached hydrogens (tertiary/aromatic N) is 3. The maximum absolute atomic E-state index is 2.94. The van der Waals surface area contributed by atoms with E-state index in [1.807, 2.05) is 0 Å². The molecular formula is C25H43N3. The molecule has 3 saturated heterocycles. The molecule has 3 aliphatic heterocycles. The van der Waals surface area contributed by atoms with Crippen LogP contribution in [-0.2, 0) is 0 Å². The Morgan fingerprint density at radius 3 is 1.75 bits per heavy atom. The third kappa shape index (κ3) is 3.10. The molecule has 2 spiro atoms. The molecule has 6 fully saturated rings. The summed E-state index contributed by atoms with van der Waals surface area (Å²) in [4.78, 5) is 8.40. The highest BCUT2D eigenvalue weighted by molar-refractivity contribution is 5.06. The zero-order valence-electron chi connectivity index (χ0n) is 18.5. The number of likely N-dealkylation sites (tertiary alicyclic amines) is 3. The summed E-state index contributed by atoms with van der Waals surface area (Å²) in [5, 5.41) is 0. The van der Waals surface area contributed by atoms with Gasteiger partial charge in [-0.05, 0) is 126 Å². The molecule has 0 bridgehead atoms. The summed E-state index contributed by atoms with van der Waals surface area (Å²) in [6.45, 7) is 10.9. The maximum Gasteiger partial charge on any atom is 0.0106 e. The molecule has 3 nitrogen and oxygen atoms in total. The fourth-order valence-electron chi connectivity index (χ4n) is 8.79. The molecule has 2 unspecified atom stereocenters. The van der Waals surface area contributed by atoms with Crippen molar-refractivity contribution in [3.05, 3.63) is 0 Å². The molecule has 158 valence electrons. The van der Waals surface area contributed by atoms with E-state index < -0.39 is 0 Å². The summed E-state index contributed by atoms with van der Waals surface area (Å²) in [6.07, 6.45) is 15.1. The van der Waals surface area contributed by atoms with Crippen LogP contribution < -0.4 is 0 Å². The van der Waals surface area contributed by atoms with Crippen LogP contribution in [0, 0.1) is 28.6 Å². The van der Waals surface area contributed by atoms with Crippen LogP contribution in [0.1, 0.15) is 71.1 Å². The summed E-state index contributed by atoms with van der Waals surface area (Å²) in [5.74, 6) is 3.07. The monoisotopic (exact) mass is 385 g/mol. The summed E-state index contributed by atoms with van der Waals surface area (Å²) in [7, 11) is 2.30. The van der Waals surface area contributed by atoms with Crippen molar-refractivity contribution < 1.29 is 0 Å². The van der Waals surface area contributed by atoms with Crippen molar-refractivity contribution in [2.75, 3.05) is 46.3 Å². The van der Waals surface area contributed by atoms with Crippen LogP contribution in [0.25, 0.3) is 0 Å². The van der Waals surface area contributed by atoms with Gasteiger partial charge >= 0.3 is 0 Å². The number of hydrogen-bond donors (Lipinski definition) is 0. The van der Waals surface area contributed by atoms with Crippen LogP contribution >= 0.6 is 0 Å². The van der Waals surface area contributed by atoms with Gasteiger partial charge in [0.1, 0.15) is 0 Å². The van der Waals surface area contributed by atoms with Crippen molar-refractivity contribution in [3.63, 3.8) is 0 Å². The Morgan fingerprint density at radius 2 is 1.18 bits per heavy atom. The Hall–Kier alpha value is -0.120. The molecule has 3 aliphatic carbocycles. The van der Waals surface area contributed by atoms with Crippen LogP contribution in [0.5, 0.6) is 0 Å². The molecule has 6 rings (SSSR count). The zero-order valence-corrected chi connectivity index (χ0v) is 18.5. The molecule has 0 amide bonds. The first kappa shape index (κ1) is 18.6. The van der Waals surface area contributed by atoms with Crippen LogP contribution in [0.2, 0.25) is 0 Å². The molecule has 0 aromatic rings. The maximum atomic E-state index is 2.94. The Balaban J connectivity index is 0.972. The van der Waals surface area contributed by atoms with Gasteiger partial charge in [-0.3, -0.25) is 4.90 Å². The van der Waals surface area contributed by atoms with Crippen molar-refractivity contribution >= 4 is 0 Å². The van der Waals surface area contributed by atoms with Gasteiger partial charge in [-0.1, -0.05) is 6.92 Å². The molecule has 0 radical (unpaired) electrons. The van der Waals surface area contributed by atoms with Gasteiger partial charge in [-0.2, -0.15) is 0 Å². The average molecular weight is 386 g/mol. The first-order valence-electron chi connectivity index (χ1n) is 12.7. The Bertz CT molecular complexity index is 557. The van der Waals surface area contributed by atoms with Gasteiger partial charge in [-0.15, -0.1) is 0 Å². The van der Waals surface area contributed by atoms with E-state index in [2.05, 4.69) is 28.7 Å². The molecule has 3 heteroatoms. The van der Waals surface area contributed by atoms with E-state index in [9.17, 15) is 0 Å². The minimum Gasteiger partial charge on any atom is -0.306 e. The topological polar surface area (TPSA) is 9.72 Å². The molecule has 3 heterocycles. The van der Waals surface area contributed by atoms with Crippen molar-refractivity contribution in [2.45, 2.75) is 83.2 Å². The van der Waals surface area contributed by atoms with Crippen LogP contribution in [0.3, 0.4) is 0 Å². The van der Waals surface area contributed by atoms with Crippen LogP contribution in [0.15, 0.2) is 0 Å². The van der Waals surface area contributed by atoms with Gasteiger partial charge in [0.2, 0.25) is 0 Å². The normalized spacial score (nSPS) is 43.9. The smallest absolute Gasteiger partial charge is 0.0106 e. The van der Waals surface area contributed by atoms with E-state index in [0.29, 0.717) is 0 Å². The summed E-state index contributed by atoms with van der Waals surface area (Å²) >= 11 is 0. The first-order valence-corrected chi connectivity index (χ1v) is 12.7. The molecule has 0 N–H and O–H groups in total. The largest absolute Gasteiger partial charge is 0.306 e. The van der Waals surface area contributed by atoms with E-state index in [-0.39, 0.29) is 0 Å². The standard InChI is InChI=1S/C25H43N3/c1-19-13-24(14-19)5-9-27(10-6-24)22-11-20-17-28(18-21(20)12-22)23-15-25(16-23)3-7-26(2)8-4-25/h19-23H,3-18H2,1-2H3. The minimum absolute atomic E-state index is 0.750. The van der Waals surface area contributed by atoms with Gasteiger partial charge in [-0.25, -0.2) is 0 Å². The summed E-state index contributed by atoms with van der Waals surface area (Å²) in [5.41, 5.74) is 1.54. The molecule has 0 aromatic carbocycles. The molecule has 0 aromatic heterocycles. The summed E-state index contributed by atoms with van der Waals surface area (Å²) in [6, 6.07) is 1.89. The van der Waals surface area contributed by atoms with E-state index in [4.69, 9.17) is 0 Å². The van der Waals surface area contributed by atoms with Crippen molar-refractivity contribution in [2.24, 2.45) is 28.6 Å². The second-order valence-electron chi connectivity index (χ2n) is 12.5. The van der Waals surface area contributed by atoms with Gasteiger partial charge in [0.25, 0.3) is 0 Å². The molecule has 6 aliphatic rings. The third-order valence-electron chi connectivity index (χ3n) is 10.6. The van der Waals surface area contributed by atoms with Gasteiger partial charge < -0.3 is 9.80 Å². The second-order valence-corrected chi connectivity index (χ2v) is 12.5. The Morgan fingerprint density at radius 1 is 0.643 bits per heavy atom. The van der Waals surface area contributed by atoms with Gasteiger partial charge in [0.15, 0.2) is 0 Å². The number of hydrogen-bond acceptors (Lipinski definition) is 3. The predicted molar refractivity (Wildman–Crippen MR) is 115 cm³/mol. The van der Waals surface area contributed by atoms with Crippen LogP contribution in [0.4, 0.5) is 0 Å². The zero-order chi connectivity index (χ0) is 18.9. The molecular weight excluding hydrogens is 342 g/mol. The van der Waals surface area contributed by atoms with Crippen LogP contribution in [-0.4, -0.2) is 73.1 Å². The highest BCUT2D eigenvalue weighted by Crippen LogP contribution is 2.55. The lowest BCUT2D eigenvalue weighted by molar-refractivity contribution is -0.0363. The van der Waals surface area contributed by atoms with E-state index >= 15 is 0 Å². The number of fused-ring (bicyclic) bond motifs is 1. The van der Waals surface area contributed by atoms with Crippen molar-refractivity contribution in [1.29, 1.82) is 0 Å². The third-order valence-corrected chi connectivity index (χ3v) is 10.6. The Labute approximate surface area is 173 Å². The molecule has 28 heavy (non-hydrogen) atoms. The van der Waals surface area contributed by atoms with E-state index in [1.165, 1.54) is 103 Å². The SMILES string of the molecule is CC1CC2(CCN(C3CC4CN(C5CC6(CCN(C)CC6)C5)CC4C3)CC2)C1. The fourth-order valence-corrected chi connectivity index (χ4v) is 8.79. The quantitative estimate of drug-likeness (QED) is 0.709. The number of piperidine rings is 2. The van der Waals surface area contributed by atoms with Crippen molar-refractivity contribution in [1.82, 2.24) is 14.7 Å². The second kappa shape index (κ2) is 6.69. The van der Waals surface area contributed by atoms with Gasteiger partial charge in [0.05, 0.1) is 0 Å². The number of rotatable bonds is 2. The highest BCUT2D eigenvalue weighted by Gasteiger charge is 2.52. The van der Waals surface area contributed by atoms with Crippen molar-refractivity contribution in [3.8, 4) is 0 Å². The lowest BCUT2D eigenvalue weighted by Gasteiger charge is -2.54. The molecule has 2 atom stereocenters. The average Bonchev–Trinajstić information content (AvgIpc) is 3.19. The molecule has 3 saturated carbocycles. The summed E-state index contributed by atoms with van der Waals surface area (Å²) < 4.78 is 0. The fraction of sp³-hybridized carbons (Fsp3) is 1.00. The minimum atomic E-state index is 0.750. The predicted octanol–water partition coefficient (Wildman–Crippen LogP) is 4.08. The van der Waals surface area contributed by atoms with E-state index in [1.54, 1.807) is 0 Å². The van der Waals surface area contributed by atoms with Gasteiger partial charge in [0, 0.05) is 25.2 Å².